The van der Waals surface area contributed by atoms with Crippen molar-refractivity contribution >= 4 is 44.3 Å². The fourth-order valence-electron chi connectivity index (χ4n) is 1.43. The zero-order valence-corrected chi connectivity index (χ0v) is 12.8. The Balaban J connectivity index is 2.43. The number of benzene rings is 1. The van der Waals surface area contributed by atoms with Gasteiger partial charge in [-0.25, -0.2) is 0 Å². The topological polar surface area (TPSA) is 30.0 Å². The third kappa shape index (κ3) is 2.93. The highest BCUT2D eigenvalue weighted by Gasteiger charge is 2.13. The minimum Gasteiger partial charge on any atom is -0.289 e. The van der Waals surface area contributed by atoms with Crippen LogP contribution in [0.5, 0.6) is 0 Å². The Kier molecular flexibility index (Phi) is 3.93. The molecule has 0 atom stereocenters. The summed E-state index contributed by atoms with van der Waals surface area (Å²) in [5.41, 5.74) is 2.18. The number of rotatable bonds is 2. The third-order valence-electron chi connectivity index (χ3n) is 2.35. The lowest BCUT2D eigenvalue weighted by atomic mass is 10.1. The smallest absolute Gasteiger partial charge is 0.195 e. The number of ketones is 1. The van der Waals surface area contributed by atoms with Crippen LogP contribution in [0, 0.1) is 10.5 Å². The van der Waals surface area contributed by atoms with E-state index in [0.29, 0.717) is 11.1 Å². The molecule has 0 bridgehead atoms. The molecule has 2 nitrogen and oxygen atoms in total. The van der Waals surface area contributed by atoms with Crippen molar-refractivity contribution in [3.05, 3.63) is 61.4 Å². The molecule has 0 aliphatic heterocycles. The molecular formula is C13H9BrINO. The first kappa shape index (κ1) is 12.7. The summed E-state index contributed by atoms with van der Waals surface area (Å²) in [6.45, 7) is 1.90. The van der Waals surface area contributed by atoms with Crippen molar-refractivity contribution in [1.29, 1.82) is 0 Å². The second-order valence-corrected chi connectivity index (χ2v) is 5.74. The van der Waals surface area contributed by atoms with Crippen molar-refractivity contribution in [2.24, 2.45) is 0 Å². The number of carbonyl (C=O) groups is 1. The predicted octanol–water partition coefficient (Wildman–Crippen LogP) is 3.99. The van der Waals surface area contributed by atoms with E-state index in [1.165, 1.54) is 0 Å². The van der Waals surface area contributed by atoms with E-state index in [1.807, 2.05) is 31.2 Å². The van der Waals surface area contributed by atoms with E-state index in [-0.39, 0.29) is 5.78 Å². The molecule has 1 aromatic carbocycles. The van der Waals surface area contributed by atoms with Gasteiger partial charge in [-0.15, -0.1) is 0 Å². The molecule has 0 aliphatic carbocycles. The van der Waals surface area contributed by atoms with Crippen molar-refractivity contribution in [2.45, 2.75) is 6.92 Å². The first-order valence-corrected chi connectivity index (χ1v) is 6.87. The van der Waals surface area contributed by atoms with E-state index in [1.54, 1.807) is 12.3 Å². The first-order valence-electron chi connectivity index (χ1n) is 5.00. The zero-order valence-electron chi connectivity index (χ0n) is 9.08. The highest BCUT2D eigenvalue weighted by atomic mass is 127. The molecule has 0 saturated heterocycles. The van der Waals surface area contributed by atoms with Crippen molar-refractivity contribution in [3.8, 4) is 0 Å². The summed E-state index contributed by atoms with van der Waals surface area (Å²) >= 11 is 5.59. The molecule has 0 unspecified atom stereocenters. The van der Waals surface area contributed by atoms with Crippen LogP contribution in [-0.4, -0.2) is 10.8 Å². The van der Waals surface area contributed by atoms with Gasteiger partial charge >= 0.3 is 0 Å². The molecule has 0 spiro atoms. The monoisotopic (exact) mass is 401 g/mol. The van der Waals surface area contributed by atoms with Gasteiger partial charge in [-0.05, 0) is 59.8 Å². The number of pyridine rings is 1. The van der Waals surface area contributed by atoms with Gasteiger partial charge in [0.1, 0.15) is 0 Å². The van der Waals surface area contributed by atoms with Gasteiger partial charge in [-0.2, -0.15) is 0 Å². The maximum atomic E-state index is 12.3. The standard InChI is InChI=1S/C13H9BrINO/c1-8-2-3-9(7-16-8)13(17)11-6-10(15)4-5-12(11)14/h2-7H,1H3. The number of aromatic nitrogens is 1. The Labute approximate surface area is 122 Å². The summed E-state index contributed by atoms with van der Waals surface area (Å²) in [7, 11) is 0. The fourth-order valence-corrected chi connectivity index (χ4v) is 2.35. The van der Waals surface area contributed by atoms with Gasteiger partial charge < -0.3 is 0 Å². The second kappa shape index (κ2) is 5.27. The highest BCUT2D eigenvalue weighted by molar-refractivity contribution is 14.1. The van der Waals surface area contributed by atoms with E-state index >= 15 is 0 Å². The fraction of sp³-hybridized carbons (Fsp3) is 0.0769. The molecule has 1 aromatic heterocycles. The molecule has 17 heavy (non-hydrogen) atoms. The lowest BCUT2D eigenvalue weighted by Crippen LogP contribution is -2.03. The maximum Gasteiger partial charge on any atom is 0.195 e. The minimum absolute atomic E-state index is 0.0112. The van der Waals surface area contributed by atoms with Gasteiger partial charge in [0.15, 0.2) is 5.78 Å². The number of carbonyl (C=O) groups excluding carboxylic acids is 1. The van der Waals surface area contributed by atoms with Crippen LogP contribution in [0.4, 0.5) is 0 Å². The van der Waals surface area contributed by atoms with E-state index in [9.17, 15) is 4.79 Å². The van der Waals surface area contributed by atoms with Crippen molar-refractivity contribution in [2.75, 3.05) is 0 Å². The van der Waals surface area contributed by atoms with Gasteiger partial charge in [0.2, 0.25) is 0 Å². The predicted molar refractivity (Wildman–Crippen MR) is 79.3 cm³/mol. The van der Waals surface area contributed by atoms with Crippen LogP contribution in [0.2, 0.25) is 0 Å². The van der Waals surface area contributed by atoms with Crippen LogP contribution in [-0.2, 0) is 0 Å². The van der Waals surface area contributed by atoms with Crippen molar-refractivity contribution in [3.63, 3.8) is 0 Å². The average Bonchev–Trinajstić information content (AvgIpc) is 2.32. The van der Waals surface area contributed by atoms with Crippen LogP contribution in [0.25, 0.3) is 0 Å². The molecule has 4 heteroatoms. The van der Waals surface area contributed by atoms with Crippen molar-refractivity contribution in [1.82, 2.24) is 4.98 Å². The third-order valence-corrected chi connectivity index (χ3v) is 3.71. The first-order chi connectivity index (χ1) is 8.08. The molecule has 0 amide bonds. The number of hydrogen-bond donors (Lipinski definition) is 0. The Morgan fingerprint density at radius 2 is 2.06 bits per heavy atom. The molecule has 0 fully saturated rings. The van der Waals surface area contributed by atoms with E-state index in [2.05, 4.69) is 43.5 Å². The number of aryl methyl sites for hydroxylation is 1. The molecule has 0 radical (unpaired) electrons. The zero-order chi connectivity index (χ0) is 12.4. The molecule has 0 N–H and O–H groups in total. The Morgan fingerprint density at radius 3 is 2.71 bits per heavy atom. The molecule has 1 heterocycles. The second-order valence-electron chi connectivity index (χ2n) is 3.64. The van der Waals surface area contributed by atoms with E-state index < -0.39 is 0 Å². The summed E-state index contributed by atoms with van der Waals surface area (Å²) < 4.78 is 1.85. The summed E-state index contributed by atoms with van der Waals surface area (Å²) in [6, 6.07) is 9.35. The molecule has 0 saturated carbocycles. The van der Waals surface area contributed by atoms with Gasteiger partial charge in [0.25, 0.3) is 0 Å². The lowest BCUT2D eigenvalue weighted by Gasteiger charge is -2.04. The van der Waals surface area contributed by atoms with Gasteiger partial charge in [0, 0.05) is 31.1 Å². The summed E-state index contributed by atoms with van der Waals surface area (Å²) in [4.78, 5) is 16.4. The minimum atomic E-state index is -0.0112. The van der Waals surface area contributed by atoms with E-state index in [0.717, 1.165) is 13.7 Å². The SMILES string of the molecule is Cc1ccc(C(=O)c2cc(I)ccc2Br)cn1. The Morgan fingerprint density at radius 1 is 1.29 bits per heavy atom. The van der Waals surface area contributed by atoms with E-state index in [4.69, 9.17) is 0 Å². The number of halogens is 2. The van der Waals surface area contributed by atoms with Gasteiger partial charge in [0.05, 0.1) is 0 Å². The molecule has 86 valence electrons. The summed E-state index contributed by atoms with van der Waals surface area (Å²) in [6.07, 6.45) is 1.62. The molecule has 2 aromatic rings. The van der Waals surface area contributed by atoms with Crippen LogP contribution >= 0.6 is 38.5 Å². The molecule has 2 rings (SSSR count). The summed E-state index contributed by atoms with van der Waals surface area (Å²) in [5, 5.41) is 0. The molecule has 0 aliphatic rings. The maximum absolute atomic E-state index is 12.3. The number of hydrogen-bond acceptors (Lipinski definition) is 2. The number of nitrogens with zero attached hydrogens (tertiary/aromatic N) is 1. The summed E-state index contributed by atoms with van der Waals surface area (Å²) in [5.74, 6) is -0.0112. The van der Waals surface area contributed by atoms with Crippen LogP contribution < -0.4 is 0 Å². The largest absolute Gasteiger partial charge is 0.289 e. The molecular weight excluding hydrogens is 393 g/mol. The normalized spacial score (nSPS) is 10.3. The van der Waals surface area contributed by atoms with Crippen molar-refractivity contribution < 1.29 is 4.79 Å². The Bertz CT molecular complexity index is 566. The van der Waals surface area contributed by atoms with Gasteiger partial charge in [-0.3, -0.25) is 9.78 Å². The highest BCUT2D eigenvalue weighted by Crippen LogP contribution is 2.22. The van der Waals surface area contributed by atoms with Crippen LogP contribution in [0.15, 0.2) is 41.0 Å². The Hall–Kier alpha value is -0.750. The van der Waals surface area contributed by atoms with Gasteiger partial charge in [-0.1, -0.05) is 15.9 Å². The van der Waals surface area contributed by atoms with Crippen LogP contribution in [0.1, 0.15) is 21.6 Å². The quantitative estimate of drug-likeness (QED) is 0.562. The lowest BCUT2D eigenvalue weighted by molar-refractivity contribution is 0.103. The van der Waals surface area contributed by atoms with Crippen LogP contribution in [0.3, 0.4) is 0 Å². The average molecular weight is 402 g/mol.